The largest absolute Gasteiger partial charge is 0.294 e. The standard InChI is InChI=1S/C16H19NO3S/c1-11(2)15-14(18)9-12(3)10-16(15)17(21(16,19)20)13-7-5-4-6-8-13/h4-8,12H,9-10H2,1-3H3/t12-,16?,17?/m1/s1. The van der Waals surface area contributed by atoms with E-state index in [1.165, 1.54) is 4.31 Å². The average Bonchev–Trinajstić information content (AvgIpc) is 2.83. The summed E-state index contributed by atoms with van der Waals surface area (Å²) in [6.45, 7) is 5.59. The third kappa shape index (κ3) is 1.80. The lowest BCUT2D eigenvalue weighted by Crippen LogP contribution is -2.36. The first-order valence-electron chi connectivity index (χ1n) is 7.13. The number of anilines is 1. The molecule has 0 radical (unpaired) electrons. The number of carbonyl (C=O) groups excluding carboxylic acids is 1. The van der Waals surface area contributed by atoms with Crippen LogP contribution in [-0.2, 0) is 14.8 Å². The van der Waals surface area contributed by atoms with Crippen molar-refractivity contribution in [1.82, 2.24) is 0 Å². The Hall–Kier alpha value is -1.62. The van der Waals surface area contributed by atoms with Crippen molar-refractivity contribution in [3.05, 3.63) is 41.5 Å². The fourth-order valence-electron chi connectivity index (χ4n) is 3.57. The van der Waals surface area contributed by atoms with E-state index in [9.17, 15) is 13.2 Å². The van der Waals surface area contributed by atoms with E-state index in [4.69, 9.17) is 0 Å². The number of sulfonamides is 1. The van der Waals surface area contributed by atoms with Gasteiger partial charge >= 0.3 is 0 Å². The van der Waals surface area contributed by atoms with Crippen LogP contribution in [0.1, 0.15) is 33.6 Å². The molecule has 1 spiro atoms. The van der Waals surface area contributed by atoms with Crippen LogP contribution in [0.15, 0.2) is 41.5 Å². The Morgan fingerprint density at radius 1 is 1.24 bits per heavy atom. The Labute approximate surface area is 125 Å². The third-order valence-electron chi connectivity index (χ3n) is 4.28. The summed E-state index contributed by atoms with van der Waals surface area (Å²) < 4.78 is 26.9. The lowest BCUT2D eigenvalue weighted by Gasteiger charge is -2.27. The minimum Gasteiger partial charge on any atom is -0.294 e. The summed E-state index contributed by atoms with van der Waals surface area (Å²) in [7, 11) is -3.48. The maximum atomic E-state index is 12.7. The van der Waals surface area contributed by atoms with Crippen LogP contribution in [-0.4, -0.2) is 19.1 Å². The zero-order valence-corrected chi connectivity index (χ0v) is 13.3. The molecule has 2 aliphatic rings. The van der Waals surface area contributed by atoms with Gasteiger partial charge in [0.15, 0.2) is 5.78 Å². The fourth-order valence-corrected chi connectivity index (χ4v) is 6.07. The fraction of sp³-hybridized carbons (Fsp3) is 0.438. The SMILES string of the molecule is CC(C)=C1C(=O)C[C@@H](C)CC12N(c1ccccc1)S2(=O)=O. The molecule has 3 rings (SSSR count). The molecule has 1 aromatic rings. The summed E-state index contributed by atoms with van der Waals surface area (Å²) in [5, 5.41) is 0. The third-order valence-corrected chi connectivity index (χ3v) is 6.52. The van der Waals surface area contributed by atoms with Crippen LogP contribution in [0.2, 0.25) is 0 Å². The van der Waals surface area contributed by atoms with Gasteiger partial charge in [-0.1, -0.05) is 30.7 Å². The molecule has 1 saturated heterocycles. The van der Waals surface area contributed by atoms with Gasteiger partial charge in [-0.25, -0.2) is 12.7 Å². The van der Waals surface area contributed by atoms with Crippen molar-refractivity contribution < 1.29 is 13.2 Å². The Morgan fingerprint density at radius 2 is 1.86 bits per heavy atom. The van der Waals surface area contributed by atoms with Crippen LogP contribution < -0.4 is 4.31 Å². The number of hydrogen-bond donors (Lipinski definition) is 0. The number of rotatable bonds is 1. The predicted octanol–water partition coefficient (Wildman–Crippen LogP) is 2.87. The number of para-hydroxylation sites is 1. The Morgan fingerprint density at radius 3 is 2.43 bits per heavy atom. The van der Waals surface area contributed by atoms with Crippen LogP contribution in [0.4, 0.5) is 5.69 Å². The Bertz CT molecular complexity index is 732. The van der Waals surface area contributed by atoms with Crippen LogP contribution in [0.25, 0.3) is 0 Å². The van der Waals surface area contributed by atoms with Crippen molar-refractivity contribution in [2.45, 2.75) is 38.5 Å². The van der Waals surface area contributed by atoms with Gasteiger partial charge in [0, 0.05) is 12.0 Å². The number of benzene rings is 1. The Kier molecular flexibility index (Phi) is 3.03. The number of nitrogens with zero attached hydrogens (tertiary/aromatic N) is 1. The van der Waals surface area contributed by atoms with Gasteiger partial charge in [0.25, 0.3) is 10.0 Å². The van der Waals surface area contributed by atoms with Gasteiger partial charge in [0.1, 0.15) is 0 Å². The van der Waals surface area contributed by atoms with Crippen molar-refractivity contribution in [3.63, 3.8) is 0 Å². The predicted molar refractivity (Wildman–Crippen MR) is 82.4 cm³/mol. The van der Waals surface area contributed by atoms with Crippen molar-refractivity contribution in [2.24, 2.45) is 5.92 Å². The lowest BCUT2D eigenvalue weighted by molar-refractivity contribution is -0.117. The average molecular weight is 305 g/mol. The minimum atomic E-state index is -3.48. The molecule has 1 aromatic carbocycles. The summed E-state index contributed by atoms with van der Waals surface area (Å²) in [5.74, 6) is 0.0415. The van der Waals surface area contributed by atoms with Gasteiger partial charge < -0.3 is 0 Å². The molecule has 112 valence electrons. The number of carbonyl (C=O) groups is 1. The van der Waals surface area contributed by atoms with Crippen LogP contribution in [0, 0.1) is 5.92 Å². The Balaban J connectivity index is 2.19. The monoisotopic (exact) mass is 305 g/mol. The molecular weight excluding hydrogens is 286 g/mol. The van der Waals surface area contributed by atoms with Crippen LogP contribution in [0.5, 0.6) is 0 Å². The van der Waals surface area contributed by atoms with E-state index in [2.05, 4.69) is 0 Å². The summed E-state index contributed by atoms with van der Waals surface area (Å²) in [6, 6.07) is 9.03. The van der Waals surface area contributed by atoms with Crippen molar-refractivity contribution >= 4 is 21.5 Å². The first-order chi connectivity index (χ1) is 9.82. The quantitative estimate of drug-likeness (QED) is 0.592. The van der Waals surface area contributed by atoms with E-state index in [0.717, 1.165) is 5.57 Å². The molecule has 1 heterocycles. The molecule has 1 saturated carbocycles. The maximum Gasteiger partial charge on any atom is 0.266 e. The lowest BCUT2D eigenvalue weighted by atomic mass is 9.80. The minimum absolute atomic E-state index is 0.0317. The van der Waals surface area contributed by atoms with Crippen LogP contribution in [0.3, 0.4) is 0 Å². The summed E-state index contributed by atoms with van der Waals surface area (Å²) >= 11 is 0. The topological polar surface area (TPSA) is 54.2 Å². The highest BCUT2D eigenvalue weighted by Gasteiger charge is 2.74. The van der Waals surface area contributed by atoms with Gasteiger partial charge in [-0.05, 0) is 38.3 Å². The van der Waals surface area contributed by atoms with E-state index in [1.54, 1.807) is 12.1 Å². The van der Waals surface area contributed by atoms with Gasteiger partial charge in [0.05, 0.1) is 5.69 Å². The van der Waals surface area contributed by atoms with E-state index in [0.29, 0.717) is 24.1 Å². The second-order valence-electron chi connectivity index (χ2n) is 6.20. The molecule has 21 heavy (non-hydrogen) atoms. The molecular formula is C16H19NO3S. The molecule has 1 unspecified atom stereocenters. The molecule has 1 aliphatic heterocycles. The second-order valence-corrected chi connectivity index (χ2v) is 8.19. The molecule has 5 heteroatoms. The molecule has 2 atom stereocenters. The summed E-state index contributed by atoms with van der Waals surface area (Å²) in [5.41, 5.74) is 1.91. The van der Waals surface area contributed by atoms with Gasteiger partial charge in [-0.2, -0.15) is 0 Å². The van der Waals surface area contributed by atoms with Gasteiger partial charge in [0.2, 0.25) is 4.87 Å². The van der Waals surface area contributed by atoms with Gasteiger partial charge in [-0.3, -0.25) is 4.79 Å². The molecule has 0 aromatic heterocycles. The van der Waals surface area contributed by atoms with E-state index >= 15 is 0 Å². The normalized spacial score (nSPS) is 30.6. The van der Waals surface area contributed by atoms with Crippen LogP contribution >= 0.6 is 0 Å². The zero-order valence-electron chi connectivity index (χ0n) is 12.5. The molecule has 1 aliphatic carbocycles. The number of allylic oxidation sites excluding steroid dienone is 1. The van der Waals surface area contributed by atoms with Crippen molar-refractivity contribution in [2.75, 3.05) is 4.31 Å². The second kappa shape index (κ2) is 4.44. The van der Waals surface area contributed by atoms with Gasteiger partial charge in [-0.15, -0.1) is 0 Å². The summed E-state index contributed by atoms with van der Waals surface area (Å²) in [4.78, 5) is 11.3. The van der Waals surface area contributed by atoms with E-state index in [1.807, 2.05) is 39.0 Å². The van der Waals surface area contributed by atoms with Crippen molar-refractivity contribution in [3.8, 4) is 0 Å². The van der Waals surface area contributed by atoms with E-state index in [-0.39, 0.29) is 11.7 Å². The first kappa shape index (κ1) is 14.3. The number of hydrogen-bond acceptors (Lipinski definition) is 3. The molecule has 2 fully saturated rings. The van der Waals surface area contributed by atoms with Crippen molar-refractivity contribution in [1.29, 1.82) is 0 Å². The maximum absolute atomic E-state index is 12.7. The molecule has 0 N–H and O–H groups in total. The highest BCUT2D eigenvalue weighted by molar-refractivity contribution is 8.02. The smallest absolute Gasteiger partial charge is 0.266 e. The highest BCUT2D eigenvalue weighted by Crippen LogP contribution is 2.59. The number of ketones is 1. The molecule has 0 bridgehead atoms. The first-order valence-corrected chi connectivity index (χ1v) is 8.57. The highest BCUT2D eigenvalue weighted by atomic mass is 32.2. The molecule has 4 nitrogen and oxygen atoms in total. The summed E-state index contributed by atoms with van der Waals surface area (Å²) in [6.07, 6.45) is 0.914. The van der Waals surface area contributed by atoms with E-state index < -0.39 is 14.9 Å². The zero-order chi connectivity index (χ0) is 15.4. The molecule has 0 amide bonds. The number of Topliss-reactive ketones (excluding diaryl/α,β-unsaturated/α-hetero) is 1.